The van der Waals surface area contributed by atoms with E-state index in [-0.39, 0.29) is 24.1 Å². The average Bonchev–Trinajstić information content (AvgIpc) is 2.83. The maximum Gasteiger partial charge on any atom is 0.238 e. The molecule has 1 N–H and O–H groups in total. The Hall–Kier alpha value is -2.71. The average molecular weight is 488 g/mol. The minimum atomic E-state index is -0.477. The molecule has 7 nitrogen and oxygen atoms in total. The van der Waals surface area contributed by atoms with Crippen molar-refractivity contribution >= 4 is 46.8 Å². The molecule has 2 aliphatic rings. The van der Waals surface area contributed by atoms with Gasteiger partial charge >= 0.3 is 0 Å². The summed E-state index contributed by atoms with van der Waals surface area (Å²) in [6, 6.07) is 13.1. The van der Waals surface area contributed by atoms with Gasteiger partial charge in [-0.25, -0.2) is 0 Å². The molecule has 0 saturated carbocycles. The Morgan fingerprint density at radius 3 is 2.39 bits per heavy atom. The van der Waals surface area contributed by atoms with Crippen molar-refractivity contribution in [1.29, 1.82) is 0 Å². The topological polar surface area (TPSA) is 79.0 Å². The molecule has 174 valence electrons. The lowest BCUT2D eigenvalue weighted by atomic mass is 10.1. The number of aryl methyl sites for hydroxylation is 1. The lowest BCUT2D eigenvalue weighted by molar-refractivity contribution is -0.139. The van der Waals surface area contributed by atoms with E-state index in [4.69, 9.17) is 16.3 Å². The third kappa shape index (κ3) is 5.81. The Morgan fingerprint density at radius 1 is 1.06 bits per heavy atom. The van der Waals surface area contributed by atoms with Gasteiger partial charge in [-0.2, -0.15) is 0 Å². The maximum absolute atomic E-state index is 12.8. The molecule has 2 heterocycles. The number of thioether (sulfide) groups is 1. The quantitative estimate of drug-likeness (QED) is 0.675. The number of benzene rings is 2. The zero-order valence-electron chi connectivity index (χ0n) is 18.4. The number of carbonyl (C=O) groups excluding carboxylic acids is 3. The number of ether oxygens (including phenoxy) is 1. The number of amides is 3. The van der Waals surface area contributed by atoms with Crippen LogP contribution in [0.25, 0.3) is 0 Å². The van der Waals surface area contributed by atoms with E-state index in [9.17, 15) is 14.4 Å². The first-order valence-electron chi connectivity index (χ1n) is 10.9. The van der Waals surface area contributed by atoms with Gasteiger partial charge in [-0.15, -0.1) is 11.8 Å². The molecule has 1 unspecified atom stereocenters. The van der Waals surface area contributed by atoms with Crippen molar-refractivity contribution < 1.29 is 19.1 Å². The van der Waals surface area contributed by atoms with Gasteiger partial charge < -0.3 is 19.9 Å². The Morgan fingerprint density at radius 2 is 1.73 bits per heavy atom. The number of piperazine rings is 1. The van der Waals surface area contributed by atoms with Crippen molar-refractivity contribution in [1.82, 2.24) is 9.80 Å². The largest absolute Gasteiger partial charge is 0.497 e. The van der Waals surface area contributed by atoms with E-state index in [1.54, 1.807) is 24.1 Å². The van der Waals surface area contributed by atoms with Crippen molar-refractivity contribution in [3.63, 3.8) is 0 Å². The molecule has 3 amide bonds. The summed E-state index contributed by atoms with van der Waals surface area (Å²) < 4.78 is 5.16. The Bertz CT molecular complexity index is 1040. The maximum atomic E-state index is 12.8. The molecule has 0 bridgehead atoms. The molecule has 2 aromatic rings. The SMILES string of the molecule is COc1ccc(CCC(=O)N2CCN(C(=O)CC3Sc4ccc(Cl)cc4NC3=O)CC2)cc1. The van der Waals surface area contributed by atoms with Gasteiger partial charge in [-0.1, -0.05) is 23.7 Å². The number of rotatable bonds is 6. The number of halogens is 1. The standard InChI is InChI=1S/C24H26ClN3O4S/c1-32-18-6-2-16(3-7-18)4-9-22(29)27-10-12-28(13-11-27)23(30)15-21-24(31)26-19-14-17(25)5-8-20(19)33-21/h2-3,5-8,14,21H,4,9-13,15H2,1H3,(H,26,31). The third-order valence-corrected chi connectivity index (χ3v) is 7.40. The first-order valence-corrected chi connectivity index (χ1v) is 12.1. The van der Waals surface area contributed by atoms with E-state index in [1.807, 2.05) is 35.2 Å². The smallest absolute Gasteiger partial charge is 0.238 e. The zero-order valence-corrected chi connectivity index (χ0v) is 20.0. The van der Waals surface area contributed by atoms with E-state index >= 15 is 0 Å². The second-order valence-corrected chi connectivity index (χ2v) is 9.73. The summed E-state index contributed by atoms with van der Waals surface area (Å²) in [6.07, 6.45) is 1.23. The van der Waals surface area contributed by atoms with Gasteiger partial charge in [-0.3, -0.25) is 14.4 Å². The van der Waals surface area contributed by atoms with Crippen molar-refractivity contribution in [3.05, 3.63) is 53.1 Å². The van der Waals surface area contributed by atoms with Gasteiger partial charge in [0, 0.05) is 48.9 Å². The summed E-state index contributed by atoms with van der Waals surface area (Å²) >= 11 is 7.38. The molecule has 9 heteroatoms. The number of nitrogens with one attached hydrogen (secondary N) is 1. The molecule has 2 aliphatic heterocycles. The summed E-state index contributed by atoms with van der Waals surface area (Å²) in [5, 5.41) is 2.92. The van der Waals surface area contributed by atoms with Crippen molar-refractivity contribution in [2.45, 2.75) is 29.4 Å². The van der Waals surface area contributed by atoms with Crippen LogP contribution < -0.4 is 10.1 Å². The van der Waals surface area contributed by atoms with Crippen molar-refractivity contribution in [2.24, 2.45) is 0 Å². The molecule has 0 aromatic heterocycles. The Kier molecular flexibility index (Phi) is 7.45. The van der Waals surface area contributed by atoms with Crippen LogP contribution in [0.1, 0.15) is 18.4 Å². The third-order valence-electron chi connectivity index (χ3n) is 5.89. The summed E-state index contributed by atoms with van der Waals surface area (Å²) in [5.74, 6) is 0.639. The molecular formula is C24H26ClN3O4S. The van der Waals surface area contributed by atoms with Gasteiger partial charge in [0.05, 0.1) is 18.0 Å². The first-order chi connectivity index (χ1) is 15.9. The van der Waals surface area contributed by atoms with Crippen molar-refractivity contribution in [2.75, 3.05) is 38.6 Å². The number of hydrogen-bond donors (Lipinski definition) is 1. The second kappa shape index (κ2) is 10.5. The van der Waals surface area contributed by atoms with Crippen LogP contribution in [0.4, 0.5) is 5.69 Å². The van der Waals surface area contributed by atoms with Gasteiger partial charge in [0.25, 0.3) is 0 Å². The predicted octanol–water partition coefficient (Wildman–Crippen LogP) is 3.46. The lowest BCUT2D eigenvalue weighted by Crippen LogP contribution is -2.51. The highest BCUT2D eigenvalue weighted by Gasteiger charge is 2.32. The fourth-order valence-corrected chi connectivity index (χ4v) is 5.21. The molecule has 2 aromatic carbocycles. The molecule has 0 radical (unpaired) electrons. The van der Waals surface area contributed by atoms with Crippen LogP contribution in [-0.2, 0) is 20.8 Å². The number of hydrogen-bond acceptors (Lipinski definition) is 5. The second-order valence-electron chi connectivity index (χ2n) is 8.05. The van der Waals surface area contributed by atoms with E-state index < -0.39 is 5.25 Å². The van der Waals surface area contributed by atoms with Crippen LogP contribution in [-0.4, -0.2) is 66.1 Å². The van der Waals surface area contributed by atoms with Crippen LogP contribution >= 0.6 is 23.4 Å². The molecule has 4 rings (SSSR count). The molecule has 1 fully saturated rings. The van der Waals surface area contributed by atoms with E-state index in [1.165, 1.54) is 11.8 Å². The van der Waals surface area contributed by atoms with E-state index in [0.717, 1.165) is 16.2 Å². The highest BCUT2D eigenvalue weighted by Crippen LogP contribution is 2.38. The highest BCUT2D eigenvalue weighted by atomic mass is 35.5. The normalized spacial score (nSPS) is 17.9. The zero-order chi connectivity index (χ0) is 23.4. The molecular weight excluding hydrogens is 462 g/mol. The first kappa shape index (κ1) is 23.4. The van der Waals surface area contributed by atoms with Crippen LogP contribution in [0.5, 0.6) is 5.75 Å². The van der Waals surface area contributed by atoms with Gasteiger partial charge in [0.15, 0.2) is 0 Å². The fraction of sp³-hybridized carbons (Fsp3) is 0.375. The predicted molar refractivity (Wildman–Crippen MR) is 129 cm³/mol. The number of fused-ring (bicyclic) bond motifs is 1. The van der Waals surface area contributed by atoms with Gasteiger partial charge in [0.1, 0.15) is 5.75 Å². The summed E-state index contributed by atoms with van der Waals surface area (Å²) in [6.45, 7) is 1.99. The summed E-state index contributed by atoms with van der Waals surface area (Å²) in [5.41, 5.74) is 1.77. The molecule has 1 saturated heterocycles. The summed E-state index contributed by atoms with van der Waals surface area (Å²) in [4.78, 5) is 42.3. The highest BCUT2D eigenvalue weighted by molar-refractivity contribution is 8.01. The summed E-state index contributed by atoms with van der Waals surface area (Å²) in [7, 11) is 1.63. The van der Waals surface area contributed by atoms with Crippen molar-refractivity contribution in [3.8, 4) is 5.75 Å². The van der Waals surface area contributed by atoms with Crippen LogP contribution in [0, 0.1) is 0 Å². The monoisotopic (exact) mass is 487 g/mol. The number of methoxy groups -OCH3 is 1. The Balaban J connectivity index is 1.23. The minimum absolute atomic E-state index is 0.0644. The number of carbonyl (C=O) groups is 3. The van der Waals surface area contributed by atoms with Crippen LogP contribution in [0.2, 0.25) is 5.02 Å². The van der Waals surface area contributed by atoms with Gasteiger partial charge in [0.2, 0.25) is 17.7 Å². The Labute approximate surface area is 202 Å². The molecule has 0 aliphatic carbocycles. The van der Waals surface area contributed by atoms with Crippen LogP contribution in [0.15, 0.2) is 47.4 Å². The van der Waals surface area contributed by atoms with E-state index in [2.05, 4.69) is 5.32 Å². The fourth-order valence-electron chi connectivity index (χ4n) is 3.95. The van der Waals surface area contributed by atoms with Crippen LogP contribution in [0.3, 0.4) is 0 Å². The number of anilines is 1. The molecule has 0 spiro atoms. The van der Waals surface area contributed by atoms with Gasteiger partial charge in [-0.05, 0) is 42.3 Å². The molecule has 33 heavy (non-hydrogen) atoms. The number of nitrogens with zero attached hydrogens (tertiary/aromatic N) is 2. The minimum Gasteiger partial charge on any atom is -0.497 e. The molecule has 1 atom stereocenters. The van der Waals surface area contributed by atoms with E-state index in [0.29, 0.717) is 49.7 Å². The lowest BCUT2D eigenvalue weighted by Gasteiger charge is -2.35.